The first-order chi connectivity index (χ1) is 8.22. The summed E-state index contributed by atoms with van der Waals surface area (Å²) in [6.45, 7) is 0. The number of ether oxygens (including phenoxy) is 1. The summed E-state index contributed by atoms with van der Waals surface area (Å²) in [4.78, 5) is 12.0. The van der Waals surface area contributed by atoms with E-state index in [9.17, 15) is 4.79 Å². The minimum Gasteiger partial charge on any atom is -0.496 e. The van der Waals surface area contributed by atoms with E-state index in [4.69, 9.17) is 4.74 Å². The van der Waals surface area contributed by atoms with Crippen LogP contribution in [0.5, 0.6) is 5.75 Å². The number of aryl methyl sites for hydroxylation is 1. The first kappa shape index (κ1) is 9.96. The van der Waals surface area contributed by atoms with Gasteiger partial charge in [0.15, 0.2) is 0 Å². The number of aromatic nitrogens is 2. The molecule has 3 aromatic rings. The molecule has 2 heterocycles. The summed E-state index contributed by atoms with van der Waals surface area (Å²) in [5.74, 6) is 0.785. The Hall–Kier alpha value is -2.23. The lowest BCUT2D eigenvalue weighted by molar-refractivity contribution is 0.420. The maximum atomic E-state index is 12.0. The van der Waals surface area contributed by atoms with Gasteiger partial charge in [0.05, 0.1) is 12.6 Å². The van der Waals surface area contributed by atoms with Crippen LogP contribution in [0.2, 0.25) is 0 Å². The van der Waals surface area contributed by atoms with Gasteiger partial charge in [0, 0.05) is 24.8 Å². The maximum Gasteiger partial charge on any atom is 0.274 e. The Labute approximate surface area is 97.7 Å². The lowest BCUT2D eigenvalue weighted by Gasteiger charge is -2.01. The molecule has 0 atom stereocenters. The van der Waals surface area contributed by atoms with Crippen molar-refractivity contribution >= 4 is 16.4 Å². The summed E-state index contributed by atoms with van der Waals surface area (Å²) >= 11 is 0. The lowest BCUT2D eigenvalue weighted by Crippen LogP contribution is -2.17. The zero-order valence-electron chi connectivity index (χ0n) is 9.68. The fourth-order valence-electron chi connectivity index (χ4n) is 2.14. The molecule has 0 unspecified atom stereocenters. The first-order valence-electron chi connectivity index (χ1n) is 5.36. The predicted molar refractivity (Wildman–Crippen MR) is 66.7 cm³/mol. The zero-order chi connectivity index (χ0) is 12.0. The van der Waals surface area contributed by atoms with Gasteiger partial charge < -0.3 is 13.7 Å². The molecule has 0 aliphatic carbocycles. The topological polar surface area (TPSA) is 35.6 Å². The van der Waals surface area contributed by atoms with Crippen molar-refractivity contribution in [2.75, 3.05) is 7.11 Å². The van der Waals surface area contributed by atoms with Crippen LogP contribution in [0, 0.1) is 0 Å². The Balaban J connectivity index is 2.58. The van der Waals surface area contributed by atoms with Crippen molar-refractivity contribution in [2.24, 2.45) is 7.05 Å². The molecular formula is C13H12N2O2. The van der Waals surface area contributed by atoms with E-state index in [2.05, 4.69) is 0 Å². The molecule has 0 fully saturated rings. The Kier molecular flexibility index (Phi) is 1.98. The van der Waals surface area contributed by atoms with E-state index in [0.717, 1.165) is 16.7 Å². The van der Waals surface area contributed by atoms with Gasteiger partial charge in [-0.05, 0) is 18.2 Å². The normalized spacial score (nSPS) is 11.2. The molecule has 0 saturated carbocycles. The first-order valence-corrected chi connectivity index (χ1v) is 5.36. The van der Waals surface area contributed by atoms with Crippen LogP contribution in [0.4, 0.5) is 0 Å². The van der Waals surface area contributed by atoms with Crippen LogP contribution in [-0.4, -0.2) is 16.1 Å². The smallest absolute Gasteiger partial charge is 0.274 e. The summed E-state index contributed by atoms with van der Waals surface area (Å²) in [6, 6.07) is 7.66. The number of benzene rings is 1. The third-order valence-corrected chi connectivity index (χ3v) is 3.04. The molecule has 0 aliphatic rings. The molecule has 0 N–H and O–H groups in total. The summed E-state index contributed by atoms with van der Waals surface area (Å²) in [7, 11) is 3.38. The van der Waals surface area contributed by atoms with Crippen molar-refractivity contribution in [3.63, 3.8) is 0 Å². The number of hydrogen-bond acceptors (Lipinski definition) is 2. The molecule has 86 valence electrons. The Morgan fingerprint density at radius 1 is 1.18 bits per heavy atom. The minimum absolute atomic E-state index is 0.00856. The van der Waals surface area contributed by atoms with E-state index in [1.54, 1.807) is 24.9 Å². The molecule has 0 aliphatic heterocycles. The van der Waals surface area contributed by atoms with E-state index >= 15 is 0 Å². The number of nitrogens with zero attached hydrogens (tertiary/aromatic N) is 2. The van der Waals surface area contributed by atoms with Crippen molar-refractivity contribution in [1.29, 1.82) is 0 Å². The van der Waals surface area contributed by atoms with Crippen LogP contribution in [0.25, 0.3) is 16.4 Å². The summed E-state index contributed by atoms with van der Waals surface area (Å²) in [6.07, 6.45) is 3.65. The quantitative estimate of drug-likeness (QED) is 0.636. The molecule has 4 heteroatoms. The van der Waals surface area contributed by atoms with Crippen molar-refractivity contribution in [2.45, 2.75) is 0 Å². The Bertz CT molecular complexity index is 768. The highest BCUT2D eigenvalue weighted by molar-refractivity contribution is 5.91. The minimum atomic E-state index is -0.00856. The largest absolute Gasteiger partial charge is 0.496 e. The highest BCUT2D eigenvalue weighted by Gasteiger charge is 2.09. The van der Waals surface area contributed by atoms with Gasteiger partial charge in [-0.25, -0.2) is 0 Å². The van der Waals surface area contributed by atoms with Crippen molar-refractivity contribution in [3.8, 4) is 5.75 Å². The fraction of sp³-hybridized carbons (Fsp3) is 0.154. The highest BCUT2D eigenvalue weighted by Crippen LogP contribution is 2.27. The Morgan fingerprint density at radius 3 is 2.76 bits per heavy atom. The van der Waals surface area contributed by atoms with Crippen LogP contribution in [0.15, 0.2) is 41.5 Å². The zero-order valence-corrected chi connectivity index (χ0v) is 9.68. The SMILES string of the molecule is COc1cccc2c1cc1c(=O)n(C)ccn12. The summed E-state index contributed by atoms with van der Waals surface area (Å²) in [5.41, 5.74) is 1.64. The van der Waals surface area contributed by atoms with E-state index < -0.39 is 0 Å². The van der Waals surface area contributed by atoms with Crippen molar-refractivity contribution in [3.05, 3.63) is 47.0 Å². The third-order valence-electron chi connectivity index (χ3n) is 3.04. The van der Waals surface area contributed by atoms with Gasteiger partial charge >= 0.3 is 0 Å². The van der Waals surface area contributed by atoms with Crippen LogP contribution >= 0.6 is 0 Å². The van der Waals surface area contributed by atoms with Gasteiger partial charge in [0.25, 0.3) is 5.56 Å². The van der Waals surface area contributed by atoms with Crippen LogP contribution in [0.1, 0.15) is 0 Å². The van der Waals surface area contributed by atoms with Gasteiger partial charge in [0.1, 0.15) is 11.3 Å². The van der Waals surface area contributed by atoms with E-state index in [0.29, 0.717) is 5.52 Å². The number of fused-ring (bicyclic) bond motifs is 3. The molecule has 0 bridgehead atoms. The molecule has 4 nitrogen and oxygen atoms in total. The number of rotatable bonds is 1. The highest BCUT2D eigenvalue weighted by atomic mass is 16.5. The maximum absolute atomic E-state index is 12.0. The van der Waals surface area contributed by atoms with Crippen LogP contribution < -0.4 is 10.3 Å². The number of hydrogen-bond donors (Lipinski definition) is 0. The van der Waals surface area contributed by atoms with Crippen LogP contribution in [0.3, 0.4) is 0 Å². The molecule has 3 rings (SSSR count). The van der Waals surface area contributed by atoms with Gasteiger partial charge in [-0.15, -0.1) is 0 Å². The van der Waals surface area contributed by atoms with E-state index in [1.165, 1.54) is 0 Å². The second kappa shape index (κ2) is 3.38. The second-order valence-corrected chi connectivity index (χ2v) is 4.01. The number of methoxy groups -OCH3 is 1. The predicted octanol–water partition coefficient (Wildman–Crippen LogP) is 1.80. The standard InChI is InChI=1S/C13H12N2O2/c1-14-6-7-15-10-4-3-5-12(17-2)9(10)8-11(15)13(14)16/h3-8H,1-2H3. The molecule has 17 heavy (non-hydrogen) atoms. The fourth-order valence-corrected chi connectivity index (χ4v) is 2.14. The van der Waals surface area contributed by atoms with E-state index in [-0.39, 0.29) is 5.56 Å². The molecule has 0 spiro atoms. The molecule has 0 saturated heterocycles. The summed E-state index contributed by atoms with van der Waals surface area (Å²) < 4.78 is 8.76. The van der Waals surface area contributed by atoms with Crippen LogP contribution in [-0.2, 0) is 7.05 Å². The molecule has 2 aromatic heterocycles. The van der Waals surface area contributed by atoms with Crippen molar-refractivity contribution in [1.82, 2.24) is 8.97 Å². The average Bonchev–Trinajstić information content (AvgIpc) is 2.73. The molecular weight excluding hydrogens is 216 g/mol. The van der Waals surface area contributed by atoms with E-state index in [1.807, 2.05) is 34.9 Å². The monoisotopic (exact) mass is 228 g/mol. The van der Waals surface area contributed by atoms with Gasteiger partial charge in [-0.3, -0.25) is 4.79 Å². The molecule has 1 aromatic carbocycles. The molecule has 0 amide bonds. The van der Waals surface area contributed by atoms with Gasteiger partial charge in [-0.2, -0.15) is 0 Å². The summed E-state index contributed by atoms with van der Waals surface area (Å²) in [5, 5.41) is 0.957. The average molecular weight is 228 g/mol. The van der Waals surface area contributed by atoms with Gasteiger partial charge in [0.2, 0.25) is 0 Å². The third kappa shape index (κ3) is 1.27. The second-order valence-electron chi connectivity index (χ2n) is 4.01. The lowest BCUT2D eigenvalue weighted by atomic mass is 10.2. The molecule has 0 radical (unpaired) electrons. The van der Waals surface area contributed by atoms with Gasteiger partial charge in [-0.1, -0.05) is 6.07 Å². The Morgan fingerprint density at radius 2 is 2.00 bits per heavy atom. The van der Waals surface area contributed by atoms with Crippen molar-refractivity contribution < 1.29 is 4.74 Å².